The quantitative estimate of drug-likeness (QED) is 0.374. The first-order valence-electron chi connectivity index (χ1n) is 6.05. The van der Waals surface area contributed by atoms with E-state index in [-0.39, 0.29) is 11.3 Å². The van der Waals surface area contributed by atoms with Crippen LogP contribution in [0.3, 0.4) is 0 Å². The molecule has 1 aromatic carbocycles. The third kappa shape index (κ3) is 3.95. The van der Waals surface area contributed by atoms with Crippen molar-refractivity contribution < 1.29 is 9.94 Å². The fourth-order valence-electron chi connectivity index (χ4n) is 1.67. The lowest BCUT2D eigenvalue weighted by Crippen LogP contribution is -2.18. The van der Waals surface area contributed by atoms with Gasteiger partial charge in [0.15, 0.2) is 0 Å². The van der Waals surface area contributed by atoms with Gasteiger partial charge in [0.1, 0.15) is 11.6 Å². The van der Waals surface area contributed by atoms with Crippen LogP contribution in [0, 0.1) is 6.92 Å². The number of rotatable bonds is 4. The van der Waals surface area contributed by atoms with Gasteiger partial charge >= 0.3 is 0 Å². The van der Waals surface area contributed by atoms with Gasteiger partial charge in [0.05, 0.1) is 6.61 Å². The molecule has 0 saturated carbocycles. The summed E-state index contributed by atoms with van der Waals surface area (Å²) < 4.78 is 5.72. The number of ether oxygens (including phenoxy) is 1. The first-order valence-corrected chi connectivity index (χ1v) is 6.05. The number of hydrogen-bond donors (Lipinski definition) is 2. The summed E-state index contributed by atoms with van der Waals surface area (Å²) in [5, 5.41) is 11.4. The van der Waals surface area contributed by atoms with Crippen molar-refractivity contribution in [1.29, 1.82) is 0 Å². The van der Waals surface area contributed by atoms with E-state index < -0.39 is 0 Å². The van der Waals surface area contributed by atoms with E-state index in [1.165, 1.54) is 11.1 Å². The average Bonchev–Trinajstić information content (AvgIpc) is 2.29. The molecule has 0 aromatic heterocycles. The van der Waals surface area contributed by atoms with Gasteiger partial charge in [-0.25, -0.2) is 0 Å². The van der Waals surface area contributed by atoms with Crippen LogP contribution in [0.15, 0.2) is 23.4 Å². The number of hydrogen-bond acceptors (Lipinski definition) is 3. The standard InChI is InChI=1S/C14H22N2O2/c1-10-5-6-12(11(9-10)14(2,3)4)18-8-7-13(15)16-17/h5-6,9,17H,7-8H2,1-4H3,(H2,15,16). The van der Waals surface area contributed by atoms with Gasteiger partial charge in [0.25, 0.3) is 0 Å². The van der Waals surface area contributed by atoms with Crippen LogP contribution in [0.1, 0.15) is 38.3 Å². The summed E-state index contributed by atoms with van der Waals surface area (Å²) in [7, 11) is 0. The zero-order chi connectivity index (χ0) is 13.8. The molecule has 1 rings (SSSR count). The molecule has 0 aliphatic carbocycles. The van der Waals surface area contributed by atoms with Gasteiger partial charge in [-0.05, 0) is 24.0 Å². The van der Waals surface area contributed by atoms with Crippen LogP contribution in [0.25, 0.3) is 0 Å². The minimum absolute atomic E-state index is 0.0258. The van der Waals surface area contributed by atoms with Crippen LogP contribution in [-0.4, -0.2) is 17.6 Å². The Labute approximate surface area is 108 Å². The lowest BCUT2D eigenvalue weighted by Gasteiger charge is -2.23. The first kappa shape index (κ1) is 14.4. The molecule has 0 aliphatic rings. The van der Waals surface area contributed by atoms with Crippen molar-refractivity contribution in [3.8, 4) is 5.75 Å². The van der Waals surface area contributed by atoms with Crippen molar-refractivity contribution in [2.45, 2.75) is 39.5 Å². The molecular formula is C14H22N2O2. The highest BCUT2D eigenvalue weighted by Gasteiger charge is 2.19. The van der Waals surface area contributed by atoms with Crippen LogP contribution in [0.4, 0.5) is 0 Å². The summed E-state index contributed by atoms with van der Waals surface area (Å²) >= 11 is 0. The average molecular weight is 250 g/mol. The maximum absolute atomic E-state index is 8.46. The van der Waals surface area contributed by atoms with Crippen molar-refractivity contribution in [2.75, 3.05) is 6.61 Å². The number of nitrogens with zero attached hydrogens (tertiary/aromatic N) is 1. The highest BCUT2D eigenvalue weighted by molar-refractivity contribution is 5.79. The maximum Gasteiger partial charge on any atom is 0.142 e. The maximum atomic E-state index is 8.46. The predicted molar refractivity (Wildman–Crippen MR) is 73.4 cm³/mol. The van der Waals surface area contributed by atoms with Crippen molar-refractivity contribution in [3.05, 3.63) is 29.3 Å². The number of oxime groups is 1. The Morgan fingerprint density at radius 2 is 2.06 bits per heavy atom. The molecule has 100 valence electrons. The molecule has 1 aromatic rings. The Kier molecular flexibility index (Phi) is 4.59. The van der Waals surface area contributed by atoms with Gasteiger partial charge in [-0.1, -0.05) is 43.6 Å². The van der Waals surface area contributed by atoms with Crippen molar-refractivity contribution in [3.63, 3.8) is 0 Å². The van der Waals surface area contributed by atoms with Gasteiger partial charge in [0.2, 0.25) is 0 Å². The number of nitrogens with two attached hydrogens (primary N) is 1. The molecule has 0 aliphatic heterocycles. The second kappa shape index (κ2) is 5.76. The Hall–Kier alpha value is -1.71. The highest BCUT2D eigenvalue weighted by atomic mass is 16.5. The summed E-state index contributed by atoms with van der Waals surface area (Å²) in [5.41, 5.74) is 7.81. The first-order chi connectivity index (χ1) is 8.34. The van der Waals surface area contributed by atoms with E-state index in [0.29, 0.717) is 13.0 Å². The van der Waals surface area contributed by atoms with Gasteiger partial charge in [-0.2, -0.15) is 0 Å². The topological polar surface area (TPSA) is 67.8 Å². The summed E-state index contributed by atoms with van der Waals surface area (Å²) in [6.45, 7) is 8.92. The van der Waals surface area contributed by atoms with E-state index >= 15 is 0 Å². The highest BCUT2D eigenvalue weighted by Crippen LogP contribution is 2.32. The van der Waals surface area contributed by atoms with Crippen molar-refractivity contribution >= 4 is 5.84 Å². The van der Waals surface area contributed by atoms with E-state index in [9.17, 15) is 0 Å². The number of benzene rings is 1. The summed E-state index contributed by atoms with van der Waals surface area (Å²) in [6.07, 6.45) is 0.411. The Morgan fingerprint density at radius 3 is 2.61 bits per heavy atom. The summed E-state index contributed by atoms with van der Waals surface area (Å²) in [4.78, 5) is 0. The SMILES string of the molecule is Cc1ccc(OCC/C(N)=N/O)c(C(C)(C)C)c1. The number of aryl methyl sites for hydroxylation is 1. The van der Waals surface area contributed by atoms with Gasteiger partial charge in [-0.15, -0.1) is 0 Å². The second-order valence-corrected chi connectivity index (χ2v) is 5.44. The van der Waals surface area contributed by atoms with Crippen molar-refractivity contribution in [2.24, 2.45) is 10.9 Å². The molecule has 0 heterocycles. The van der Waals surface area contributed by atoms with E-state index in [0.717, 1.165) is 5.75 Å². The minimum Gasteiger partial charge on any atom is -0.493 e. The van der Waals surface area contributed by atoms with Crippen LogP contribution < -0.4 is 10.5 Å². The Bertz CT molecular complexity index is 434. The van der Waals surface area contributed by atoms with E-state index in [1.807, 2.05) is 12.1 Å². The zero-order valence-electron chi connectivity index (χ0n) is 11.5. The van der Waals surface area contributed by atoms with Crippen LogP contribution in [0.2, 0.25) is 0 Å². The van der Waals surface area contributed by atoms with Gasteiger partial charge < -0.3 is 15.7 Å². The predicted octanol–water partition coefficient (Wildman–Crippen LogP) is 2.81. The monoisotopic (exact) mass is 250 g/mol. The molecule has 0 spiro atoms. The lowest BCUT2D eigenvalue weighted by atomic mass is 9.85. The Balaban J connectivity index is 2.82. The molecule has 0 radical (unpaired) electrons. The Morgan fingerprint density at radius 1 is 1.39 bits per heavy atom. The second-order valence-electron chi connectivity index (χ2n) is 5.44. The van der Waals surface area contributed by atoms with Crippen LogP contribution in [0.5, 0.6) is 5.75 Å². The molecule has 0 unspecified atom stereocenters. The fraction of sp³-hybridized carbons (Fsp3) is 0.500. The van der Waals surface area contributed by atoms with Gasteiger partial charge in [0, 0.05) is 6.42 Å². The number of amidine groups is 1. The van der Waals surface area contributed by atoms with E-state index in [4.69, 9.17) is 15.7 Å². The van der Waals surface area contributed by atoms with E-state index in [2.05, 4.69) is 38.9 Å². The van der Waals surface area contributed by atoms with E-state index in [1.54, 1.807) is 0 Å². The normalized spacial score (nSPS) is 12.6. The molecule has 4 nitrogen and oxygen atoms in total. The molecule has 0 bridgehead atoms. The van der Waals surface area contributed by atoms with Crippen LogP contribution in [-0.2, 0) is 5.41 Å². The third-order valence-corrected chi connectivity index (χ3v) is 2.69. The molecule has 0 saturated heterocycles. The molecule has 0 atom stereocenters. The fourth-order valence-corrected chi connectivity index (χ4v) is 1.67. The molecule has 3 N–H and O–H groups in total. The third-order valence-electron chi connectivity index (χ3n) is 2.69. The smallest absolute Gasteiger partial charge is 0.142 e. The van der Waals surface area contributed by atoms with Crippen molar-refractivity contribution in [1.82, 2.24) is 0 Å². The summed E-state index contributed by atoms with van der Waals surface area (Å²) in [5.74, 6) is 1.04. The minimum atomic E-state index is 0.0258. The molecule has 4 heteroatoms. The van der Waals surface area contributed by atoms with Gasteiger partial charge in [-0.3, -0.25) is 0 Å². The summed E-state index contributed by atoms with van der Waals surface area (Å²) in [6, 6.07) is 6.13. The van der Waals surface area contributed by atoms with Crippen LogP contribution >= 0.6 is 0 Å². The molecule has 0 amide bonds. The largest absolute Gasteiger partial charge is 0.493 e. The lowest BCUT2D eigenvalue weighted by molar-refractivity contribution is 0.302. The molecular weight excluding hydrogens is 228 g/mol. The molecule has 18 heavy (non-hydrogen) atoms. The zero-order valence-corrected chi connectivity index (χ0v) is 11.5. The molecule has 0 fully saturated rings.